The van der Waals surface area contributed by atoms with E-state index in [-0.39, 0.29) is 44.6 Å². The average Bonchev–Trinajstić information content (AvgIpc) is 2.63. The van der Waals surface area contributed by atoms with Gasteiger partial charge in [-0.15, -0.1) is 0 Å². The van der Waals surface area contributed by atoms with Crippen LogP contribution in [0.5, 0.6) is 5.75 Å². The second kappa shape index (κ2) is 6.72. The number of hydrogen-bond acceptors (Lipinski definition) is 3. The Bertz CT molecular complexity index is 472. The van der Waals surface area contributed by atoms with E-state index in [1.54, 1.807) is 13.2 Å². The minimum Gasteiger partial charge on any atom is -1.00 e. The van der Waals surface area contributed by atoms with E-state index in [2.05, 4.69) is 15.9 Å². The van der Waals surface area contributed by atoms with E-state index in [1.165, 1.54) is 0 Å². The maximum atomic E-state index is 8.94. The van der Waals surface area contributed by atoms with Crippen LogP contribution in [0.2, 0.25) is 0 Å². The molecule has 2 rings (SSSR count). The summed E-state index contributed by atoms with van der Waals surface area (Å²) in [4.78, 5) is 0. The largest absolute Gasteiger partial charge is 1.00 e. The number of fused-ring (bicyclic) bond motifs is 1. The maximum Gasteiger partial charge on any atom is 1.00 e. The first-order chi connectivity index (χ1) is 6.76. The first-order valence-corrected chi connectivity index (χ1v) is 4.91. The fourth-order valence-electron chi connectivity index (χ4n) is 1.36. The Morgan fingerprint density at radius 1 is 1.44 bits per heavy atom. The van der Waals surface area contributed by atoms with Gasteiger partial charge in [0.2, 0.25) is 0 Å². The molecule has 0 spiro atoms. The van der Waals surface area contributed by atoms with Gasteiger partial charge in [-0.3, -0.25) is 0 Å². The summed E-state index contributed by atoms with van der Waals surface area (Å²) in [6, 6.07) is 5.50. The Kier molecular flexibility index (Phi) is 6.74. The number of aliphatic hydroxyl groups excluding tert-OH is 1. The molecular weight excluding hydrogens is 282 g/mol. The Labute approximate surface area is 126 Å². The molecule has 0 aliphatic heterocycles. The number of methoxy groups -OCH3 is 1. The minimum atomic E-state index is -0.107. The van der Waals surface area contributed by atoms with Gasteiger partial charge in [0.25, 0.3) is 0 Å². The summed E-state index contributed by atoms with van der Waals surface area (Å²) in [6.07, 6.45) is 0. The van der Waals surface area contributed by atoms with E-state index in [1.807, 2.05) is 12.1 Å². The van der Waals surface area contributed by atoms with Crippen LogP contribution in [0.4, 0.5) is 0 Å². The van der Waals surface area contributed by atoms with Crippen LogP contribution in [0.25, 0.3) is 11.0 Å². The van der Waals surface area contributed by atoms with Gasteiger partial charge in [-0.1, -0.05) is 15.9 Å². The van der Waals surface area contributed by atoms with E-state index >= 15 is 0 Å². The van der Waals surface area contributed by atoms with Crippen molar-refractivity contribution >= 4 is 35.3 Å². The van der Waals surface area contributed by atoms with E-state index < -0.39 is 0 Å². The molecule has 0 fully saturated rings. The van der Waals surface area contributed by atoms with E-state index in [4.69, 9.17) is 14.3 Å². The summed E-state index contributed by atoms with van der Waals surface area (Å²) < 4.78 is 11.5. The second-order valence-corrected chi connectivity index (χ2v) is 3.72. The molecule has 0 atom stereocenters. The van der Waals surface area contributed by atoms with E-state index in [0.717, 1.165) is 9.86 Å². The van der Waals surface area contributed by atoms with Crippen molar-refractivity contribution in [3.63, 3.8) is 0 Å². The average molecular weight is 291 g/mol. The Hall–Kier alpha value is 0.0649. The predicted molar refractivity (Wildman–Crippen MR) is 62.1 cm³/mol. The molecule has 0 aliphatic rings. The van der Waals surface area contributed by atoms with Gasteiger partial charge in [-0.25, -0.2) is 0 Å². The molecule has 0 saturated heterocycles. The van der Waals surface area contributed by atoms with Gasteiger partial charge in [-0.05, 0) is 18.2 Å². The molecule has 1 heterocycles. The summed E-state index contributed by atoms with van der Waals surface area (Å²) in [5.74, 6) is 1.20. The molecule has 6 heteroatoms. The van der Waals surface area contributed by atoms with Gasteiger partial charge >= 0.3 is 29.6 Å². The Morgan fingerprint density at radius 3 is 2.69 bits per heavy atom. The molecule has 0 unspecified atom stereocenters. The third-order valence-corrected chi connectivity index (χ3v) is 2.71. The number of benzene rings is 1. The summed E-state index contributed by atoms with van der Waals surface area (Å²) in [6.45, 7) is -0.107. The van der Waals surface area contributed by atoms with E-state index in [9.17, 15) is 0 Å². The van der Waals surface area contributed by atoms with Crippen LogP contribution in [0.15, 0.2) is 27.1 Å². The zero-order valence-electron chi connectivity index (χ0n) is 9.16. The van der Waals surface area contributed by atoms with Gasteiger partial charge in [-0.2, -0.15) is 0 Å². The van der Waals surface area contributed by atoms with Crippen LogP contribution in [-0.4, -0.2) is 20.6 Å². The Balaban J connectivity index is 0.00000112. The van der Waals surface area contributed by atoms with Crippen LogP contribution in [0.3, 0.4) is 0 Å². The number of hydrogen-bond donors (Lipinski definition) is 1. The van der Waals surface area contributed by atoms with Gasteiger partial charge in [0, 0.05) is 9.86 Å². The molecule has 4 radical (unpaired) electrons. The van der Waals surface area contributed by atoms with Crippen LogP contribution in [0, 0.1) is 0 Å². The SMILES string of the molecule is COc1ccc(Br)c2cc(CO)oc12.[B-].[Na+]. The number of halogens is 1. The van der Waals surface area contributed by atoms with Crippen molar-refractivity contribution in [2.45, 2.75) is 6.61 Å². The van der Waals surface area contributed by atoms with Crippen molar-refractivity contribution in [3.8, 4) is 5.75 Å². The van der Waals surface area contributed by atoms with Crippen molar-refractivity contribution in [2.24, 2.45) is 0 Å². The fourth-order valence-corrected chi connectivity index (χ4v) is 1.78. The molecule has 0 bridgehead atoms. The van der Waals surface area contributed by atoms with Crippen LogP contribution in [-0.2, 0) is 6.61 Å². The van der Waals surface area contributed by atoms with E-state index in [0.29, 0.717) is 17.1 Å². The third kappa shape index (κ3) is 2.84. The number of furan rings is 1. The second-order valence-electron chi connectivity index (χ2n) is 2.86. The van der Waals surface area contributed by atoms with Crippen LogP contribution in [0.1, 0.15) is 5.76 Å². The van der Waals surface area contributed by atoms with Crippen molar-refractivity contribution in [2.75, 3.05) is 7.11 Å². The molecular formula is C10H9BBrNaO3. The van der Waals surface area contributed by atoms with Gasteiger partial charge in [0.1, 0.15) is 12.4 Å². The Morgan fingerprint density at radius 2 is 2.12 bits per heavy atom. The van der Waals surface area contributed by atoms with Crippen molar-refractivity contribution in [3.05, 3.63) is 28.4 Å². The smallest absolute Gasteiger partial charge is 1.00 e. The van der Waals surface area contributed by atoms with Crippen molar-refractivity contribution in [1.29, 1.82) is 0 Å². The summed E-state index contributed by atoms with van der Waals surface area (Å²) in [5.41, 5.74) is 0.658. The molecule has 16 heavy (non-hydrogen) atoms. The number of rotatable bonds is 2. The topological polar surface area (TPSA) is 42.6 Å². The predicted octanol–water partition coefficient (Wildman–Crippen LogP) is -0.681. The van der Waals surface area contributed by atoms with Crippen LogP contribution < -0.4 is 34.3 Å². The molecule has 78 valence electrons. The number of aliphatic hydroxyl groups is 1. The van der Waals surface area contributed by atoms with Gasteiger partial charge in [0.15, 0.2) is 11.3 Å². The first-order valence-electron chi connectivity index (χ1n) is 4.12. The molecule has 0 aliphatic carbocycles. The van der Waals surface area contributed by atoms with Crippen molar-refractivity contribution in [1.82, 2.24) is 0 Å². The van der Waals surface area contributed by atoms with Gasteiger partial charge in [0.05, 0.1) is 7.11 Å². The minimum absolute atomic E-state index is 0. The molecule has 0 saturated carbocycles. The van der Waals surface area contributed by atoms with Crippen molar-refractivity contribution < 1.29 is 43.8 Å². The zero-order valence-corrected chi connectivity index (χ0v) is 12.7. The third-order valence-electron chi connectivity index (χ3n) is 2.02. The number of ether oxygens (including phenoxy) is 1. The molecule has 1 aromatic carbocycles. The fraction of sp³-hybridized carbons (Fsp3) is 0.200. The maximum absolute atomic E-state index is 8.94. The zero-order chi connectivity index (χ0) is 10.1. The normalized spacial score (nSPS) is 9.44. The quantitative estimate of drug-likeness (QED) is 0.746. The molecule has 1 N–H and O–H groups in total. The standard InChI is InChI=1S/C10H9BrO3.B.Na/c1-13-9-3-2-8(11)7-4-6(5-12)14-10(7)9;;/h2-4,12H,5H2,1H3;;/q;-1;+1. The summed E-state index contributed by atoms with van der Waals surface area (Å²) in [5, 5.41) is 9.85. The molecule has 0 amide bonds. The first kappa shape index (κ1) is 16.1. The summed E-state index contributed by atoms with van der Waals surface area (Å²) in [7, 11) is 1.59. The summed E-state index contributed by atoms with van der Waals surface area (Å²) >= 11 is 3.41. The van der Waals surface area contributed by atoms with Crippen LogP contribution >= 0.6 is 15.9 Å². The molecule has 1 aromatic heterocycles. The molecule has 3 nitrogen and oxygen atoms in total. The monoisotopic (exact) mass is 290 g/mol. The van der Waals surface area contributed by atoms with Gasteiger partial charge < -0.3 is 22.7 Å². The molecule has 2 aromatic rings.